The molecule has 1 aliphatic rings. The number of aliphatic hydroxyl groups excluding tert-OH is 1. The van der Waals surface area contributed by atoms with Crippen LogP contribution in [0.5, 0.6) is 0 Å². The van der Waals surface area contributed by atoms with Gasteiger partial charge in [-0.3, -0.25) is 5.32 Å². The van der Waals surface area contributed by atoms with Gasteiger partial charge >= 0.3 is 5.95 Å². The molecule has 2 N–H and O–H groups in total. The SMILES string of the molecule is Cc1cn(CC(O)NC2CCCCC2)c([N+](=O)[O-])n1. The number of aliphatic hydroxyl groups is 1. The predicted molar refractivity (Wildman–Crippen MR) is 69.6 cm³/mol. The van der Waals surface area contributed by atoms with E-state index in [0.717, 1.165) is 12.8 Å². The van der Waals surface area contributed by atoms with Crippen molar-refractivity contribution in [3.05, 3.63) is 22.0 Å². The lowest BCUT2D eigenvalue weighted by Gasteiger charge is -2.25. The third-order valence-corrected chi connectivity index (χ3v) is 3.44. The summed E-state index contributed by atoms with van der Waals surface area (Å²) in [7, 11) is 0. The first-order valence-corrected chi connectivity index (χ1v) is 6.68. The van der Waals surface area contributed by atoms with Gasteiger partial charge in [-0.25, -0.2) is 4.57 Å². The smallest absolute Gasteiger partial charge is 0.390 e. The molecule has 1 atom stereocenters. The van der Waals surface area contributed by atoms with E-state index in [1.54, 1.807) is 13.1 Å². The van der Waals surface area contributed by atoms with Gasteiger partial charge in [-0.05, 0) is 24.7 Å². The molecule has 1 unspecified atom stereocenters. The van der Waals surface area contributed by atoms with E-state index in [1.165, 1.54) is 23.8 Å². The van der Waals surface area contributed by atoms with Crippen LogP contribution in [0, 0.1) is 17.0 Å². The maximum Gasteiger partial charge on any atom is 0.434 e. The molecule has 0 aromatic carbocycles. The van der Waals surface area contributed by atoms with Crippen LogP contribution in [0.2, 0.25) is 0 Å². The van der Waals surface area contributed by atoms with E-state index >= 15 is 0 Å². The molecule has 1 heterocycles. The van der Waals surface area contributed by atoms with Crippen molar-refractivity contribution in [1.29, 1.82) is 0 Å². The molecule has 0 radical (unpaired) electrons. The lowest BCUT2D eigenvalue weighted by molar-refractivity contribution is -0.397. The van der Waals surface area contributed by atoms with E-state index in [4.69, 9.17) is 0 Å². The topological polar surface area (TPSA) is 93.2 Å². The molecule has 19 heavy (non-hydrogen) atoms. The van der Waals surface area contributed by atoms with Gasteiger partial charge in [0.25, 0.3) is 0 Å². The van der Waals surface area contributed by atoms with Gasteiger partial charge in [0.1, 0.15) is 24.7 Å². The van der Waals surface area contributed by atoms with E-state index in [9.17, 15) is 15.2 Å². The largest absolute Gasteiger partial charge is 0.434 e. The summed E-state index contributed by atoms with van der Waals surface area (Å²) in [5.41, 5.74) is 0.580. The molecule has 1 saturated carbocycles. The zero-order chi connectivity index (χ0) is 13.8. The van der Waals surface area contributed by atoms with Gasteiger partial charge < -0.3 is 15.2 Å². The molecule has 0 aliphatic heterocycles. The molecule has 7 nitrogen and oxygen atoms in total. The average Bonchev–Trinajstić information content (AvgIpc) is 2.71. The normalized spacial score (nSPS) is 18.4. The van der Waals surface area contributed by atoms with E-state index in [-0.39, 0.29) is 12.5 Å². The zero-order valence-corrected chi connectivity index (χ0v) is 11.1. The molecule has 0 bridgehead atoms. The summed E-state index contributed by atoms with van der Waals surface area (Å²) in [6.45, 7) is 1.85. The first kappa shape index (κ1) is 14.0. The van der Waals surface area contributed by atoms with Crippen LogP contribution in [0.4, 0.5) is 5.95 Å². The lowest BCUT2D eigenvalue weighted by atomic mass is 9.95. The molecule has 1 aliphatic carbocycles. The Bertz CT molecular complexity index is 440. The van der Waals surface area contributed by atoms with E-state index in [0.29, 0.717) is 11.7 Å². The van der Waals surface area contributed by atoms with Crippen molar-refractivity contribution < 1.29 is 10.0 Å². The number of aryl methyl sites for hydroxylation is 1. The summed E-state index contributed by atoms with van der Waals surface area (Å²) in [6.07, 6.45) is 6.52. The number of rotatable bonds is 5. The second-order valence-electron chi connectivity index (χ2n) is 5.11. The van der Waals surface area contributed by atoms with Crippen LogP contribution in [0.1, 0.15) is 37.8 Å². The first-order chi connectivity index (χ1) is 9.06. The Morgan fingerprint density at radius 1 is 1.58 bits per heavy atom. The fourth-order valence-corrected chi connectivity index (χ4v) is 2.59. The highest BCUT2D eigenvalue weighted by Crippen LogP contribution is 2.18. The van der Waals surface area contributed by atoms with Crippen molar-refractivity contribution in [2.45, 2.75) is 57.8 Å². The Labute approximate surface area is 111 Å². The molecule has 0 amide bonds. The van der Waals surface area contributed by atoms with Crippen LogP contribution in [-0.2, 0) is 6.54 Å². The van der Waals surface area contributed by atoms with Gasteiger partial charge in [-0.15, -0.1) is 0 Å². The molecule has 1 aromatic heterocycles. The summed E-state index contributed by atoms with van der Waals surface area (Å²) in [5.74, 6) is -0.220. The van der Waals surface area contributed by atoms with Crippen molar-refractivity contribution in [1.82, 2.24) is 14.9 Å². The summed E-state index contributed by atoms with van der Waals surface area (Å²) in [6, 6.07) is 0.312. The second-order valence-corrected chi connectivity index (χ2v) is 5.11. The summed E-state index contributed by atoms with van der Waals surface area (Å²) < 4.78 is 1.38. The Hall–Kier alpha value is -1.47. The molecule has 1 fully saturated rings. The quantitative estimate of drug-likeness (QED) is 0.477. The Kier molecular flexibility index (Phi) is 4.49. The maximum absolute atomic E-state index is 10.8. The number of nitro groups is 1. The van der Waals surface area contributed by atoms with Crippen molar-refractivity contribution >= 4 is 5.95 Å². The predicted octanol–water partition coefficient (Wildman–Crippen LogP) is 1.34. The first-order valence-electron chi connectivity index (χ1n) is 6.68. The molecule has 106 valence electrons. The van der Waals surface area contributed by atoms with Crippen molar-refractivity contribution in [3.63, 3.8) is 0 Å². The van der Waals surface area contributed by atoms with Crippen molar-refractivity contribution in [3.8, 4) is 0 Å². The van der Waals surface area contributed by atoms with Crippen LogP contribution in [-0.4, -0.2) is 31.9 Å². The second kappa shape index (κ2) is 6.12. The zero-order valence-electron chi connectivity index (χ0n) is 11.1. The minimum atomic E-state index is -0.782. The monoisotopic (exact) mass is 268 g/mol. The van der Waals surface area contributed by atoms with Crippen LogP contribution < -0.4 is 5.32 Å². The Morgan fingerprint density at radius 2 is 2.26 bits per heavy atom. The lowest BCUT2D eigenvalue weighted by Crippen LogP contribution is -2.41. The molecule has 1 aromatic rings. The number of imidazole rings is 1. The number of nitrogens with one attached hydrogen (secondary N) is 1. The highest BCUT2D eigenvalue weighted by Gasteiger charge is 2.22. The van der Waals surface area contributed by atoms with Crippen LogP contribution >= 0.6 is 0 Å². The van der Waals surface area contributed by atoms with Gasteiger partial charge in [0, 0.05) is 6.04 Å². The summed E-state index contributed by atoms with van der Waals surface area (Å²) in [4.78, 5) is 14.1. The molecule has 0 spiro atoms. The summed E-state index contributed by atoms with van der Waals surface area (Å²) >= 11 is 0. The molecule has 2 rings (SSSR count). The van der Waals surface area contributed by atoms with Gasteiger partial charge in [0.05, 0.1) is 0 Å². The molecular formula is C12H20N4O3. The van der Waals surface area contributed by atoms with E-state index < -0.39 is 11.2 Å². The standard InChI is InChI=1S/C12H20N4O3/c1-9-7-15(12(13-9)16(18)19)8-11(17)14-10-5-3-2-4-6-10/h7,10-11,14,17H,2-6,8H2,1H3. The van der Waals surface area contributed by atoms with Crippen LogP contribution in [0.3, 0.4) is 0 Å². The maximum atomic E-state index is 10.8. The number of hydrogen-bond donors (Lipinski definition) is 2. The molecular weight excluding hydrogens is 248 g/mol. The van der Waals surface area contributed by atoms with E-state index in [1.807, 2.05) is 0 Å². The van der Waals surface area contributed by atoms with Gasteiger partial charge in [-0.1, -0.05) is 24.2 Å². The van der Waals surface area contributed by atoms with E-state index in [2.05, 4.69) is 10.3 Å². The van der Waals surface area contributed by atoms with Crippen LogP contribution in [0.15, 0.2) is 6.20 Å². The third kappa shape index (κ3) is 3.74. The average molecular weight is 268 g/mol. The Morgan fingerprint density at radius 3 is 2.89 bits per heavy atom. The number of aromatic nitrogens is 2. The Balaban J connectivity index is 1.94. The number of hydrogen-bond acceptors (Lipinski definition) is 5. The molecule has 0 saturated heterocycles. The number of nitrogens with zero attached hydrogens (tertiary/aromatic N) is 3. The van der Waals surface area contributed by atoms with Gasteiger partial charge in [0.15, 0.2) is 0 Å². The third-order valence-electron chi connectivity index (χ3n) is 3.44. The van der Waals surface area contributed by atoms with Gasteiger partial charge in [-0.2, -0.15) is 0 Å². The minimum absolute atomic E-state index is 0.146. The van der Waals surface area contributed by atoms with Crippen LogP contribution in [0.25, 0.3) is 0 Å². The fourth-order valence-electron chi connectivity index (χ4n) is 2.59. The highest BCUT2D eigenvalue weighted by molar-refractivity contribution is 5.13. The van der Waals surface area contributed by atoms with Crippen molar-refractivity contribution in [2.24, 2.45) is 0 Å². The minimum Gasteiger partial charge on any atom is -0.390 e. The molecule has 7 heteroatoms. The van der Waals surface area contributed by atoms with Crippen molar-refractivity contribution in [2.75, 3.05) is 0 Å². The summed E-state index contributed by atoms with van der Waals surface area (Å²) in [5, 5.41) is 23.9. The fraction of sp³-hybridized carbons (Fsp3) is 0.750. The highest BCUT2D eigenvalue weighted by atomic mass is 16.6. The van der Waals surface area contributed by atoms with Gasteiger partial charge in [0.2, 0.25) is 0 Å².